The number of alkyl halides is 3. The van der Waals surface area contributed by atoms with E-state index >= 15 is 0 Å². The van der Waals surface area contributed by atoms with Gasteiger partial charge >= 0.3 is 18.0 Å². The second-order valence-electron chi connectivity index (χ2n) is 5.10. The Kier molecular flexibility index (Phi) is 4.52. The van der Waals surface area contributed by atoms with Crippen LogP contribution in [-0.4, -0.2) is 46.7 Å². The molecular weight excluding hydrogens is 331 g/mol. The Labute approximate surface area is 134 Å². The van der Waals surface area contributed by atoms with Gasteiger partial charge in [-0.2, -0.15) is 23.3 Å². The molecule has 0 unspecified atom stereocenters. The van der Waals surface area contributed by atoms with Crippen molar-refractivity contribution in [2.45, 2.75) is 25.2 Å². The highest BCUT2D eigenvalue weighted by atomic mass is 19.4. The van der Waals surface area contributed by atoms with Crippen LogP contribution in [0.15, 0.2) is 29.4 Å². The van der Waals surface area contributed by atoms with Gasteiger partial charge in [-0.25, -0.2) is 0 Å². The standard InChI is InChI=1S/C14H14F3N3O4/c1-8-7-13(23,14(15,16)17)20(19-8)12(22)11(21)18-9-5-3-4-6-10(9)24-2/h3-6,23H,7H2,1-2H3,(H,18,21)/t13-/m0/s1. The van der Waals surface area contributed by atoms with Crippen LogP contribution in [-0.2, 0) is 9.59 Å². The maximum absolute atomic E-state index is 13.1. The molecule has 0 aliphatic carbocycles. The summed E-state index contributed by atoms with van der Waals surface area (Å²) in [5.41, 5.74) is -3.59. The lowest BCUT2D eigenvalue weighted by Crippen LogP contribution is -2.58. The molecule has 1 heterocycles. The zero-order valence-corrected chi connectivity index (χ0v) is 12.7. The molecule has 10 heteroatoms. The number of nitrogens with zero attached hydrogens (tertiary/aromatic N) is 2. The highest BCUT2D eigenvalue weighted by molar-refractivity contribution is 6.40. The summed E-state index contributed by atoms with van der Waals surface area (Å²) in [6.07, 6.45) is -6.10. The molecule has 2 N–H and O–H groups in total. The average Bonchev–Trinajstić information content (AvgIpc) is 2.82. The fraction of sp³-hybridized carbons (Fsp3) is 0.357. The molecule has 0 bridgehead atoms. The third-order valence-corrected chi connectivity index (χ3v) is 3.32. The monoisotopic (exact) mass is 345 g/mol. The lowest BCUT2D eigenvalue weighted by Gasteiger charge is -2.32. The quantitative estimate of drug-likeness (QED) is 0.795. The molecule has 0 radical (unpaired) electrons. The van der Waals surface area contributed by atoms with Crippen molar-refractivity contribution in [1.82, 2.24) is 5.01 Å². The average molecular weight is 345 g/mol. The summed E-state index contributed by atoms with van der Waals surface area (Å²) in [6, 6.07) is 6.03. The first kappa shape index (κ1) is 17.7. The number of hydrogen-bond acceptors (Lipinski definition) is 5. The number of methoxy groups -OCH3 is 1. The zero-order chi connectivity index (χ0) is 18.1. The molecule has 1 aromatic carbocycles. The second kappa shape index (κ2) is 6.11. The molecule has 1 atom stereocenters. The largest absolute Gasteiger partial charge is 0.495 e. The van der Waals surface area contributed by atoms with E-state index in [1.54, 1.807) is 6.07 Å². The van der Waals surface area contributed by atoms with E-state index in [0.29, 0.717) is 0 Å². The molecule has 2 rings (SSSR count). The number of hydrazone groups is 1. The van der Waals surface area contributed by atoms with Crippen LogP contribution in [0.1, 0.15) is 13.3 Å². The number of carbonyl (C=O) groups excluding carboxylic acids is 2. The summed E-state index contributed by atoms with van der Waals surface area (Å²) in [5.74, 6) is -2.82. The van der Waals surface area contributed by atoms with Crippen LogP contribution in [0.4, 0.5) is 18.9 Å². The molecule has 0 saturated carbocycles. The Morgan fingerprint density at radius 3 is 2.58 bits per heavy atom. The topological polar surface area (TPSA) is 91.2 Å². The number of ether oxygens (including phenoxy) is 1. The van der Waals surface area contributed by atoms with Crippen molar-refractivity contribution in [2.24, 2.45) is 5.10 Å². The van der Waals surface area contributed by atoms with Crippen molar-refractivity contribution in [2.75, 3.05) is 12.4 Å². The second-order valence-corrected chi connectivity index (χ2v) is 5.10. The summed E-state index contributed by atoms with van der Waals surface area (Å²) in [7, 11) is 1.32. The van der Waals surface area contributed by atoms with Gasteiger partial charge < -0.3 is 15.2 Å². The summed E-state index contributed by atoms with van der Waals surface area (Å²) < 4.78 is 44.2. The molecule has 24 heavy (non-hydrogen) atoms. The summed E-state index contributed by atoms with van der Waals surface area (Å²) in [4.78, 5) is 24.0. The number of para-hydroxylation sites is 2. The Morgan fingerprint density at radius 2 is 2.00 bits per heavy atom. The van der Waals surface area contributed by atoms with Crippen molar-refractivity contribution in [3.63, 3.8) is 0 Å². The molecule has 7 nitrogen and oxygen atoms in total. The normalized spacial score (nSPS) is 20.6. The van der Waals surface area contributed by atoms with Crippen LogP contribution in [0.3, 0.4) is 0 Å². The Morgan fingerprint density at radius 1 is 1.38 bits per heavy atom. The number of rotatable bonds is 2. The highest BCUT2D eigenvalue weighted by Crippen LogP contribution is 2.40. The molecule has 0 saturated heterocycles. The number of nitrogens with one attached hydrogen (secondary N) is 1. The third kappa shape index (κ3) is 3.04. The van der Waals surface area contributed by atoms with Crippen LogP contribution in [0.2, 0.25) is 0 Å². The maximum atomic E-state index is 13.1. The first-order valence-electron chi connectivity index (χ1n) is 6.72. The van der Waals surface area contributed by atoms with Gasteiger partial charge in [-0.15, -0.1) is 0 Å². The van der Waals surface area contributed by atoms with E-state index in [2.05, 4.69) is 10.4 Å². The molecule has 0 aromatic heterocycles. The first-order valence-corrected chi connectivity index (χ1v) is 6.72. The number of halogens is 3. The van der Waals surface area contributed by atoms with Crippen LogP contribution < -0.4 is 10.1 Å². The fourth-order valence-corrected chi connectivity index (χ4v) is 2.17. The van der Waals surface area contributed by atoms with Crippen LogP contribution in [0, 0.1) is 0 Å². The van der Waals surface area contributed by atoms with E-state index in [1.807, 2.05) is 0 Å². The van der Waals surface area contributed by atoms with Crippen LogP contribution >= 0.6 is 0 Å². The number of carbonyl (C=O) groups is 2. The van der Waals surface area contributed by atoms with E-state index in [4.69, 9.17) is 4.74 Å². The van der Waals surface area contributed by atoms with Gasteiger partial charge in [-0.05, 0) is 19.1 Å². The molecule has 1 aliphatic rings. The van der Waals surface area contributed by atoms with E-state index in [9.17, 15) is 27.9 Å². The smallest absolute Gasteiger partial charge is 0.438 e. The number of benzene rings is 1. The van der Waals surface area contributed by atoms with Crippen molar-refractivity contribution in [3.05, 3.63) is 24.3 Å². The van der Waals surface area contributed by atoms with Gasteiger partial charge in [0, 0.05) is 12.1 Å². The van der Waals surface area contributed by atoms with Gasteiger partial charge in [-0.1, -0.05) is 12.1 Å². The number of anilines is 1. The SMILES string of the molecule is COc1ccccc1NC(=O)C(=O)N1N=C(C)C[C@]1(O)C(F)(F)F. The molecule has 130 valence electrons. The zero-order valence-electron chi connectivity index (χ0n) is 12.7. The number of hydrogen-bond donors (Lipinski definition) is 2. The Hall–Kier alpha value is -2.62. The van der Waals surface area contributed by atoms with Crippen LogP contribution in [0.25, 0.3) is 0 Å². The van der Waals surface area contributed by atoms with Gasteiger partial charge in [0.15, 0.2) is 0 Å². The molecular formula is C14H14F3N3O4. The first-order chi connectivity index (χ1) is 11.1. The van der Waals surface area contributed by atoms with Crippen LogP contribution in [0.5, 0.6) is 5.75 Å². The summed E-state index contributed by atoms with van der Waals surface area (Å²) in [5, 5.41) is 15.1. The van der Waals surface area contributed by atoms with Gasteiger partial charge in [-0.3, -0.25) is 9.59 Å². The minimum atomic E-state index is -5.17. The predicted molar refractivity (Wildman–Crippen MR) is 77.2 cm³/mol. The maximum Gasteiger partial charge on any atom is 0.438 e. The third-order valence-electron chi connectivity index (χ3n) is 3.32. The number of aliphatic hydroxyl groups is 1. The fourth-order valence-electron chi connectivity index (χ4n) is 2.17. The van der Waals surface area contributed by atoms with Crippen molar-refractivity contribution in [3.8, 4) is 5.75 Å². The van der Waals surface area contributed by atoms with Gasteiger partial charge in [0.1, 0.15) is 5.75 Å². The minimum Gasteiger partial charge on any atom is -0.495 e. The van der Waals surface area contributed by atoms with Crippen molar-refractivity contribution >= 4 is 23.2 Å². The number of amides is 2. The van der Waals surface area contributed by atoms with Crippen molar-refractivity contribution in [1.29, 1.82) is 0 Å². The predicted octanol–water partition coefficient (Wildman–Crippen LogP) is 1.49. The summed E-state index contributed by atoms with van der Waals surface area (Å²) >= 11 is 0. The highest BCUT2D eigenvalue weighted by Gasteiger charge is 2.63. The van der Waals surface area contributed by atoms with E-state index in [0.717, 1.165) is 0 Å². The Balaban J connectivity index is 2.25. The lowest BCUT2D eigenvalue weighted by molar-refractivity contribution is -0.301. The van der Waals surface area contributed by atoms with E-state index in [-0.39, 0.29) is 22.2 Å². The Bertz CT molecular complexity index is 705. The van der Waals surface area contributed by atoms with Crippen molar-refractivity contribution < 1.29 is 32.6 Å². The lowest BCUT2D eigenvalue weighted by atomic mass is 10.1. The molecule has 1 aromatic rings. The molecule has 2 amide bonds. The molecule has 1 aliphatic heterocycles. The minimum absolute atomic E-state index is 0.0915. The molecule has 0 spiro atoms. The van der Waals surface area contributed by atoms with Gasteiger partial charge in [0.05, 0.1) is 12.8 Å². The molecule has 0 fully saturated rings. The van der Waals surface area contributed by atoms with Gasteiger partial charge in [0.2, 0.25) is 0 Å². The van der Waals surface area contributed by atoms with E-state index < -0.39 is 30.1 Å². The summed E-state index contributed by atoms with van der Waals surface area (Å²) in [6.45, 7) is 1.21. The van der Waals surface area contributed by atoms with Gasteiger partial charge in [0.25, 0.3) is 5.72 Å². The van der Waals surface area contributed by atoms with E-state index in [1.165, 1.54) is 32.2 Å².